The van der Waals surface area contributed by atoms with Gasteiger partial charge in [-0.2, -0.15) is 0 Å². The van der Waals surface area contributed by atoms with E-state index in [9.17, 15) is 0 Å². The fraction of sp³-hybridized carbons (Fsp3) is 0. The Labute approximate surface area is 226 Å². The molecule has 0 fully saturated rings. The lowest BCUT2D eigenvalue weighted by molar-refractivity contribution is 1.21. The highest BCUT2D eigenvalue weighted by Crippen LogP contribution is 2.52. The van der Waals surface area contributed by atoms with Gasteiger partial charge in [0, 0.05) is 58.0 Å². The summed E-state index contributed by atoms with van der Waals surface area (Å²) in [6.45, 7) is 0.462. The molecule has 0 N–H and O–H groups in total. The van der Waals surface area contributed by atoms with Crippen molar-refractivity contribution in [3.05, 3.63) is 85.1 Å². The van der Waals surface area contributed by atoms with E-state index < -0.39 is 0 Å². The normalized spacial score (nSPS) is 15.6. The first kappa shape index (κ1) is 18.5. The van der Waals surface area contributed by atoms with E-state index in [1.165, 1.54) is 90.9 Å². The molecule has 170 valence electrons. The second-order valence-electron chi connectivity index (χ2n) is 11.2. The quantitative estimate of drug-likeness (QED) is 0.257. The number of rotatable bonds is 0. The van der Waals surface area contributed by atoms with Crippen LogP contribution in [0.2, 0.25) is 0 Å². The number of hydrogen-bond donors (Lipinski definition) is 0. The third kappa shape index (κ3) is 1.70. The van der Waals surface area contributed by atoms with Gasteiger partial charge in [-0.15, -0.1) is 0 Å². The SMILES string of the molecule is c1ccc2c(c1)Sc1cc3c4c5c1B2n1ccc2cc6c7cccc8c7n(c6c-5c21)B4c1c(cccc1-8)S3. The molecule has 7 heterocycles. The zero-order valence-electron chi connectivity index (χ0n) is 19.9. The second-order valence-corrected chi connectivity index (χ2v) is 13.4. The van der Waals surface area contributed by atoms with Crippen LogP contribution in [-0.2, 0) is 0 Å². The molecular weight excluding hydrogens is 498 g/mol. The predicted octanol–water partition coefficient (Wildman–Crippen LogP) is 5.26. The molecular formula is C32H14B2N2S2. The molecule has 0 radical (unpaired) electrons. The van der Waals surface area contributed by atoms with Crippen molar-refractivity contribution in [1.29, 1.82) is 0 Å². The van der Waals surface area contributed by atoms with Crippen molar-refractivity contribution >= 4 is 91.8 Å². The first-order chi connectivity index (χ1) is 18.9. The number of nitrogens with zero attached hydrogens (tertiary/aromatic N) is 2. The van der Waals surface area contributed by atoms with Crippen molar-refractivity contribution < 1.29 is 0 Å². The minimum absolute atomic E-state index is 0.224. The molecule has 0 amide bonds. The molecule has 0 saturated carbocycles. The number of hydrogen-bond acceptors (Lipinski definition) is 2. The van der Waals surface area contributed by atoms with Crippen LogP contribution in [0.15, 0.2) is 105 Å². The molecule has 0 unspecified atom stereocenters. The Bertz CT molecular complexity index is 2380. The maximum absolute atomic E-state index is 2.74. The first-order valence-corrected chi connectivity index (χ1v) is 14.9. The van der Waals surface area contributed by atoms with Crippen LogP contribution in [-0.4, -0.2) is 22.7 Å². The lowest BCUT2D eigenvalue weighted by Crippen LogP contribution is -2.62. The Morgan fingerprint density at radius 1 is 0.553 bits per heavy atom. The van der Waals surface area contributed by atoms with Gasteiger partial charge in [0.2, 0.25) is 0 Å². The topological polar surface area (TPSA) is 9.86 Å². The molecule has 2 aromatic heterocycles. The van der Waals surface area contributed by atoms with E-state index >= 15 is 0 Å². The summed E-state index contributed by atoms with van der Waals surface area (Å²) in [6.07, 6.45) is 2.35. The van der Waals surface area contributed by atoms with Crippen molar-refractivity contribution in [3.63, 3.8) is 0 Å². The monoisotopic (exact) mass is 512 g/mol. The third-order valence-corrected chi connectivity index (χ3v) is 12.0. The van der Waals surface area contributed by atoms with Gasteiger partial charge in [0.25, 0.3) is 0 Å². The summed E-state index contributed by atoms with van der Waals surface area (Å²) >= 11 is 3.96. The number of aromatic nitrogens is 2. The van der Waals surface area contributed by atoms with Crippen molar-refractivity contribution in [1.82, 2.24) is 8.96 Å². The van der Waals surface area contributed by atoms with Crippen LogP contribution in [0.5, 0.6) is 0 Å². The minimum Gasteiger partial charge on any atom is -0.382 e. The largest absolute Gasteiger partial charge is 0.382 e. The number of benzene rings is 5. The van der Waals surface area contributed by atoms with Gasteiger partial charge in [-0.1, -0.05) is 72.1 Å². The standard InChI is InChI=1S/C32H14B2N2S2/c1-2-9-21-20(8-1)33-28-23(37-21)14-24-29-25(28)26-30-15(11-12-35(30)33)13-19-18-7-3-6-17-16-5-4-10-22(38-24)27(16)34(29)36(31(17)18)32(19)26/h1-14H. The van der Waals surface area contributed by atoms with E-state index in [1.807, 2.05) is 23.5 Å². The highest BCUT2D eigenvalue weighted by molar-refractivity contribution is 8.01. The molecule has 5 aliphatic heterocycles. The lowest BCUT2D eigenvalue weighted by atomic mass is 9.40. The summed E-state index contributed by atoms with van der Waals surface area (Å²) in [5.74, 6) is 0. The van der Waals surface area contributed by atoms with Crippen molar-refractivity contribution in [2.45, 2.75) is 19.6 Å². The Morgan fingerprint density at radius 3 is 2.34 bits per heavy atom. The molecule has 5 aliphatic rings. The van der Waals surface area contributed by atoms with Crippen LogP contribution in [0, 0.1) is 0 Å². The Balaban J connectivity index is 1.43. The third-order valence-electron chi connectivity index (χ3n) is 9.73. The Hall–Kier alpha value is -3.73. The highest BCUT2D eigenvalue weighted by atomic mass is 32.2. The van der Waals surface area contributed by atoms with E-state index in [1.54, 1.807) is 5.46 Å². The molecule has 5 aromatic carbocycles. The van der Waals surface area contributed by atoms with Crippen LogP contribution in [0.25, 0.3) is 55.0 Å². The number of fused-ring (bicyclic) bond motifs is 5. The van der Waals surface area contributed by atoms with E-state index in [0.29, 0.717) is 0 Å². The fourth-order valence-electron chi connectivity index (χ4n) is 8.52. The molecule has 2 nitrogen and oxygen atoms in total. The molecule has 12 rings (SSSR count). The maximum atomic E-state index is 2.74. The predicted molar refractivity (Wildman–Crippen MR) is 161 cm³/mol. The van der Waals surface area contributed by atoms with E-state index in [4.69, 9.17) is 0 Å². The van der Waals surface area contributed by atoms with E-state index in [0.717, 1.165) is 0 Å². The minimum atomic E-state index is 0.224. The molecule has 0 bridgehead atoms. The van der Waals surface area contributed by atoms with Gasteiger partial charge in [-0.05, 0) is 74.9 Å². The van der Waals surface area contributed by atoms with Crippen LogP contribution < -0.4 is 21.9 Å². The van der Waals surface area contributed by atoms with Gasteiger partial charge in [-0.3, -0.25) is 0 Å². The van der Waals surface area contributed by atoms with Gasteiger partial charge in [0.15, 0.2) is 0 Å². The molecule has 0 spiro atoms. The smallest absolute Gasteiger partial charge is 0.331 e. The molecule has 0 saturated heterocycles. The first-order valence-electron chi connectivity index (χ1n) is 13.3. The summed E-state index contributed by atoms with van der Waals surface area (Å²) < 4.78 is 5.32. The lowest BCUT2D eigenvalue weighted by Gasteiger charge is -2.42. The van der Waals surface area contributed by atoms with Crippen molar-refractivity contribution in [2.75, 3.05) is 0 Å². The van der Waals surface area contributed by atoms with Crippen LogP contribution >= 0.6 is 23.5 Å². The summed E-state index contributed by atoms with van der Waals surface area (Å²) in [6, 6.07) is 30.4. The van der Waals surface area contributed by atoms with Gasteiger partial charge in [0.1, 0.15) is 0 Å². The summed E-state index contributed by atoms with van der Waals surface area (Å²) in [5, 5.41) is 4.15. The van der Waals surface area contributed by atoms with Crippen LogP contribution in [0.3, 0.4) is 0 Å². The Morgan fingerprint density at radius 2 is 1.37 bits per heavy atom. The van der Waals surface area contributed by atoms with Gasteiger partial charge < -0.3 is 8.96 Å². The van der Waals surface area contributed by atoms with Gasteiger partial charge >= 0.3 is 13.7 Å². The summed E-state index contributed by atoms with van der Waals surface area (Å²) in [7, 11) is 0. The zero-order valence-corrected chi connectivity index (χ0v) is 21.6. The zero-order chi connectivity index (χ0) is 24.0. The summed E-state index contributed by atoms with van der Waals surface area (Å²) in [5.41, 5.74) is 16.1. The summed E-state index contributed by atoms with van der Waals surface area (Å²) in [4.78, 5) is 5.67. The van der Waals surface area contributed by atoms with Crippen LogP contribution in [0.4, 0.5) is 0 Å². The Kier molecular flexibility index (Phi) is 2.75. The van der Waals surface area contributed by atoms with E-state index in [-0.39, 0.29) is 13.7 Å². The molecule has 0 aliphatic carbocycles. The van der Waals surface area contributed by atoms with Crippen molar-refractivity contribution in [2.24, 2.45) is 0 Å². The second kappa shape index (κ2) is 5.66. The fourth-order valence-corrected chi connectivity index (χ4v) is 11.0. The van der Waals surface area contributed by atoms with E-state index in [2.05, 4.69) is 94.0 Å². The maximum Gasteiger partial charge on any atom is 0.331 e. The highest BCUT2D eigenvalue weighted by Gasteiger charge is 2.50. The molecule has 6 heteroatoms. The number of para-hydroxylation sites is 1. The molecule has 0 atom stereocenters. The molecule has 38 heavy (non-hydrogen) atoms. The average Bonchev–Trinajstić information content (AvgIpc) is 3.53. The average molecular weight is 512 g/mol. The van der Waals surface area contributed by atoms with Gasteiger partial charge in [-0.25, -0.2) is 0 Å². The van der Waals surface area contributed by atoms with Crippen LogP contribution in [0.1, 0.15) is 0 Å². The van der Waals surface area contributed by atoms with Crippen molar-refractivity contribution in [3.8, 4) is 22.3 Å². The molecule has 7 aromatic rings. The van der Waals surface area contributed by atoms with Gasteiger partial charge in [0.05, 0.1) is 0 Å².